The number of carbonyl (C=O) groups excluding carboxylic acids is 1. The Morgan fingerprint density at radius 3 is 2.75 bits per heavy atom. The van der Waals surface area contributed by atoms with E-state index in [-0.39, 0.29) is 17.4 Å². The Morgan fingerprint density at radius 2 is 2.08 bits per heavy atom. The van der Waals surface area contributed by atoms with Gasteiger partial charge in [-0.05, 0) is 43.9 Å². The van der Waals surface area contributed by atoms with Crippen molar-refractivity contribution < 1.29 is 4.79 Å². The third kappa shape index (κ3) is 2.46. The fourth-order valence-corrected chi connectivity index (χ4v) is 3.49. The van der Waals surface area contributed by atoms with Crippen LogP contribution in [0.4, 0.5) is 0 Å². The molecule has 122 valence electrons. The summed E-state index contributed by atoms with van der Waals surface area (Å²) in [4.78, 5) is 12.8. The van der Waals surface area contributed by atoms with E-state index in [0.29, 0.717) is 12.1 Å². The normalized spacial score (nSPS) is 20.8. The largest absolute Gasteiger partial charge is 0.346 e. The lowest BCUT2D eigenvalue weighted by atomic mass is 9.96. The SMILES string of the molecule is Cc1nnc2n1CC(C(=O)NC1(c3ccc(C#N)cc3)CC1)CC2. The minimum absolute atomic E-state index is 0.0388. The van der Waals surface area contributed by atoms with E-state index in [1.807, 2.05) is 31.2 Å². The van der Waals surface area contributed by atoms with Crippen molar-refractivity contribution in [1.29, 1.82) is 5.26 Å². The van der Waals surface area contributed by atoms with E-state index in [1.54, 1.807) is 0 Å². The first kappa shape index (κ1) is 14.9. The molecule has 2 aliphatic rings. The second kappa shape index (κ2) is 5.45. The Bertz CT molecular complexity index is 826. The fraction of sp³-hybridized carbons (Fsp3) is 0.444. The number of fused-ring (bicyclic) bond motifs is 1. The predicted molar refractivity (Wildman–Crippen MR) is 86.8 cm³/mol. The maximum Gasteiger partial charge on any atom is 0.225 e. The van der Waals surface area contributed by atoms with Gasteiger partial charge in [0.2, 0.25) is 5.91 Å². The zero-order chi connectivity index (χ0) is 16.7. The molecule has 1 amide bonds. The number of benzene rings is 1. The van der Waals surface area contributed by atoms with Crippen LogP contribution in [-0.2, 0) is 23.3 Å². The van der Waals surface area contributed by atoms with Gasteiger partial charge < -0.3 is 9.88 Å². The highest BCUT2D eigenvalue weighted by atomic mass is 16.2. The number of amides is 1. The molecule has 0 bridgehead atoms. The Labute approximate surface area is 140 Å². The van der Waals surface area contributed by atoms with Gasteiger partial charge in [0.25, 0.3) is 0 Å². The summed E-state index contributed by atoms with van der Waals surface area (Å²) in [5, 5.41) is 20.4. The number of nitrogens with zero attached hydrogens (tertiary/aromatic N) is 4. The molecule has 6 heteroatoms. The summed E-state index contributed by atoms with van der Waals surface area (Å²) in [6, 6.07) is 9.66. The zero-order valence-corrected chi connectivity index (χ0v) is 13.6. The second-order valence-corrected chi connectivity index (χ2v) is 6.77. The fourth-order valence-electron chi connectivity index (χ4n) is 3.49. The van der Waals surface area contributed by atoms with E-state index in [1.165, 1.54) is 0 Å². The predicted octanol–water partition coefficient (Wildman–Crippen LogP) is 1.83. The first-order chi connectivity index (χ1) is 11.6. The number of aromatic nitrogens is 3. The molecule has 0 spiro atoms. The molecule has 24 heavy (non-hydrogen) atoms. The molecular weight excluding hydrogens is 302 g/mol. The van der Waals surface area contributed by atoms with Crippen molar-refractivity contribution in [2.45, 2.75) is 44.7 Å². The van der Waals surface area contributed by atoms with Crippen LogP contribution in [0.15, 0.2) is 24.3 Å². The van der Waals surface area contributed by atoms with Crippen molar-refractivity contribution in [3.63, 3.8) is 0 Å². The molecular formula is C18H19N5O. The smallest absolute Gasteiger partial charge is 0.225 e. The molecule has 1 unspecified atom stereocenters. The topological polar surface area (TPSA) is 83.6 Å². The third-order valence-electron chi connectivity index (χ3n) is 5.18. The van der Waals surface area contributed by atoms with Gasteiger partial charge in [-0.2, -0.15) is 5.26 Å². The second-order valence-electron chi connectivity index (χ2n) is 6.77. The third-order valence-corrected chi connectivity index (χ3v) is 5.18. The van der Waals surface area contributed by atoms with Gasteiger partial charge in [-0.25, -0.2) is 0 Å². The minimum atomic E-state index is -0.242. The van der Waals surface area contributed by atoms with Gasteiger partial charge in [-0.1, -0.05) is 12.1 Å². The lowest BCUT2D eigenvalue weighted by Crippen LogP contribution is -2.42. The molecule has 1 aromatic heterocycles. The van der Waals surface area contributed by atoms with Crippen LogP contribution in [0.5, 0.6) is 0 Å². The molecule has 1 aromatic carbocycles. The van der Waals surface area contributed by atoms with Gasteiger partial charge in [0.1, 0.15) is 11.6 Å². The summed E-state index contributed by atoms with van der Waals surface area (Å²) < 4.78 is 2.05. The molecule has 1 aliphatic heterocycles. The van der Waals surface area contributed by atoms with E-state index in [9.17, 15) is 4.79 Å². The summed E-state index contributed by atoms with van der Waals surface area (Å²) in [7, 11) is 0. The van der Waals surface area contributed by atoms with Crippen LogP contribution in [0.3, 0.4) is 0 Å². The van der Waals surface area contributed by atoms with Crippen molar-refractivity contribution in [2.75, 3.05) is 0 Å². The average Bonchev–Trinajstić information content (AvgIpc) is 3.31. The summed E-state index contributed by atoms with van der Waals surface area (Å²) in [6.45, 7) is 2.58. The van der Waals surface area contributed by atoms with Crippen LogP contribution in [0.2, 0.25) is 0 Å². The van der Waals surface area contributed by atoms with Gasteiger partial charge >= 0.3 is 0 Å². The first-order valence-electron chi connectivity index (χ1n) is 8.33. The lowest BCUT2D eigenvalue weighted by Gasteiger charge is -2.26. The highest BCUT2D eigenvalue weighted by Gasteiger charge is 2.46. The van der Waals surface area contributed by atoms with Crippen molar-refractivity contribution in [2.24, 2.45) is 5.92 Å². The molecule has 1 aliphatic carbocycles. The summed E-state index contributed by atoms with van der Waals surface area (Å²) >= 11 is 0. The van der Waals surface area contributed by atoms with E-state index in [4.69, 9.17) is 5.26 Å². The van der Waals surface area contributed by atoms with Crippen LogP contribution in [0.1, 0.15) is 42.0 Å². The van der Waals surface area contributed by atoms with Crippen LogP contribution < -0.4 is 5.32 Å². The van der Waals surface area contributed by atoms with Crippen molar-refractivity contribution in [3.05, 3.63) is 47.0 Å². The number of carbonyl (C=O) groups is 1. The van der Waals surface area contributed by atoms with E-state index < -0.39 is 0 Å². The quantitative estimate of drug-likeness (QED) is 0.935. The molecule has 2 heterocycles. The summed E-state index contributed by atoms with van der Waals surface area (Å²) in [5.41, 5.74) is 1.49. The van der Waals surface area contributed by atoms with E-state index in [2.05, 4.69) is 26.2 Å². The molecule has 1 saturated carbocycles. The Morgan fingerprint density at radius 1 is 1.33 bits per heavy atom. The summed E-state index contributed by atoms with van der Waals surface area (Å²) in [5.74, 6) is 1.92. The maximum absolute atomic E-state index is 12.8. The average molecular weight is 321 g/mol. The maximum atomic E-state index is 12.8. The van der Waals surface area contributed by atoms with Crippen LogP contribution in [-0.4, -0.2) is 20.7 Å². The number of hydrogen-bond donors (Lipinski definition) is 1. The highest BCUT2D eigenvalue weighted by molar-refractivity contribution is 5.80. The molecule has 2 aromatic rings. The van der Waals surface area contributed by atoms with Gasteiger partial charge in [0.05, 0.1) is 23.1 Å². The zero-order valence-electron chi connectivity index (χ0n) is 13.6. The number of aryl methyl sites for hydroxylation is 2. The van der Waals surface area contributed by atoms with Crippen LogP contribution >= 0.6 is 0 Å². The minimum Gasteiger partial charge on any atom is -0.346 e. The standard InChI is InChI=1S/C18H19N5O/c1-12-21-22-16-7-4-14(11-23(12)16)17(24)20-18(8-9-18)15-5-2-13(10-19)3-6-15/h2-3,5-6,14H,4,7-9,11H2,1H3,(H,20,24). The molecule has 0 saturated heterocycles. The number of hydrogen-bond acceptors (Lipinski definition) is 4. The van der Waals surface area contributed by atoms with Crippen molar-refractivity contribution in [3.8, 4) is 6.07 Å². The number of nitrogens with one attached hydrogen (secondary N) is 1. The Hall–Kier alpha value is -2.68. The monoisotopic (exact) mass is 321 g/mol. The molecule has 6 nitrogen and oxygen atoms in total. The van der Waals surface area contributed by atoms with E-state index >= 15 is 0 Å². The van der Waals surface area contributed by atoms with Gasteiger partial charge in [0.15, 0.2) is 0 Å². The molecule has 4 rings (SSSR count). The van der Waals surface area contributed by atoms with Crippen LogP contribution in [0, 0.1) is 24.2 Å². The number of nitriles is 1. The molecule has 1 N–H and O–H groups in total. The van der Waals surface area contributed by atoms with Crippen LogP contribution in [0.25, 0.3) is 0 Å². The van der Waals surface area contributed by atoms with Gasteiger partial charge in [0, 0.05) is 13.0 Å². The molecule has 1 atom stereocenters. The summed E-state index contributed by atoms with van der Waals surface area (Å²) in [6.07, 6.45) is 3.51. The Kier molecular flexibility index (Phi) is 3.38. The first-order valence-corrected chi connectivity index (χ1v) is 8.33. The van der Waals surface area contributed by atoms with Crippen molar-refractivity contribution >= 4 is 5.91 Å². The highest BCUT2D eigenvalue weighted by Crippen LogP contribution is 2.45. The van der Waals surface area contributed by atoms with Gasteiger partial charge in [-0.3, -0.25) is 4.79 Å². The molecule has 0 radical (unpaired) electrons. The lowest BCUT2D eigenvalue weighted by molar-refractivity contribution is -0.127. The number of rotatable bonds is 3. The Balaban J connectivity index is 1.48. The van der Waals surface area contributed by atoms with E-state index in [0.717, 1.165) is 42.9 Å². The van der Waals surface area contributed by atoms with Crippen molar-refractivity contribution in [1.82, 2.24) is 20.1 Å². The molecule has 1 fully saturated rings. The van der Waals surface area contributed by atoms with Gasteiger partial charge in [-0.15, -0.1) is 10.2 Å².